The van der Waals surface area contributed by atoms with Crippen LogP contribution in [-0.2, 0) is 18.3 Å². The number of ether oxygens (including phenoxy) is 1. The molecule has 5 rings (SSSR count). The van der Waals surface area contributed by atoms with Crippen LogP contribution < -0.4 is 10.5 Å². The van der Waals surface area contributed by atoms with Crippen molar-refractivity contribution in [3.05, 3.63) is 75.3 Å². The second-order valence-electron chi connectivity index (χ2n) is 11.2. The van der Waals surface area contributed by atoms with Gasteiger partial charge in [-0.15, -0.1) is 0 Å². The Morgan fingerprint density at radius 3 is 2.49 bits per heavy atom. The SMILES string of the molecule is C[C@@H]1CN(c2ncc(-c3ccc4c(=O)n(C)n(Cc5ccccc5Cl)c4c3C#N)cn2)CCN1C(=O)OC(C)(C)C. The maximum atomic E-state index is 13.1. The lowest BCUT2D eigenvalue weighted by Crippen LogP contribution is -2.55. The highest BCUT2D eigenvalue weighted by atomic mass is 35.5. The number of anilines is 1. The summed E-state index contributed by atoms with van der Waals surface area (Å²) in [7, 11) is 1.68. The van der Waals surface area contributed by atoms with Crippen molar-refractivity contribution in [1.82, 2.24) is 24.2 Å². The van der Waals surface area contributed by atoms with E-state index in [-0.39, 0.29) is 17.7 Å². The molecule has 41 heavy (non-hydrogen) atoms. The number of nitrogens with zero attached hydrogens (tertiary/aromatic N) is 7. The van der Waals surface area contributed by atoms with Gasteiger partial charge in [0.1, 0.15) is 11.7 Å². The molecule has 1 fully saturated rings. The Hall–Kier alpha value is -4.36. The van der Waals surface area contributed by atoms with E-state index < -0.39 is 5.60 Å². The molecule has 1 atom stereocenters. The molecule has 1 aliphatic rings. The second-order valence-corrected chi connectivity index (χ2v) is 11.6. The van der Waals surface area contributed by atoms with Crippen molar-refractivity contribution in [2.75, 3.05) is 24.5 Å². The highest BCUT2D eigenvalue weighted by Gasteiger charge is 2.31. The zero-order valence-corrected chi connectivity index (χ0v) is 24.5. The Labute approximate surface area is 243 Å². The first kappa shape index (κ1) is 28.2. The molecule has 0 N–H and O–H groups in total. The Morgan fingerprint density at radius 2 is 1.85 bits per heavy atom. The van der Waals surface area contributed by atoms with E-state index in [0.29, 0.717) is 64.7 Å². The van der Waals surface area contributed by atoms with Crippen LogP contribution in [-0.4, -0.2) is 61.6 Å². The molecule has 1 amide bonds. The Kier molecular flexibility index (Phi) is 7.49. The molecule has 0 aliphatic carbocycles. The summed E-state index contributed by atoms with van der Waals surface area (Å²) in [5, 5.41) is 11.3. The third-order valence-electron chi connectivity index (χ3n) is 7.20. The predicted octanol–water partition coefficient (Wildman–Crippen LogP) is 4.82. The third-order valence-corrected chi connectivity index (χ3v) is 7.57. The first-order chi connectivity index (χ1) is 19.5. The molecule has 3 heterocycles. The van der Waals surface area contributed by atoms with Gasteiger partial charge in [0.2, 0.25) is 5.95 Å². The van der Waals surface area contributed by atoms with Gasteiger partial charge < -0.3 is 14.5 Å². The standard InChI is InChI=1S/C30H32ClN7O3/c1-19-17-36(12-13-37(19)29(40)41-30(2,3)4)28-33-15-21(16-34-28)22-10-11-23-26(24(22)14-32)38(35(5)27(23)39)18-20-8-6-7-9-25(20)31/h6-11,15-16,19H,12-13,17-18H2,1-5H3/t19-/m1/s1. The number of piperazine rings is 1. The van der Waals surface area contributed by atoms with Gasteiger partial charge >= 0.3 is 6.09 Å². The van der Waals surface area contributed by atoms with Crippen LogP contribution in [0.5, 0.6) is 0 Å². The van der Waals surface area contributed by atoms with E-state index >= 15 is 0 Å². The summed E-state index contributed by atoms with van der Waals surface area (Å²) in [6, 6.07) is 13.2. The number of benzene rings is 2. The lowest BCUT2D eigenvalue weighted by Gasteiger charge is -2.40. The quantitative estimate of drug-likeness (QED) is 0.344. The topological polar surface area (TPSA) is 109 Å². The van der Waals surface area contributed by atoms with Crippen LogP contribution >= 0.6 is 11.6 Å². The Bertz CT molecular complexity index is 1710. The highest BCUT2D eigenvalue weighted by molar-refractivity contribution is 6.31. The fourth-order valence-corrected chi connectivity index (χ4v) is 5.34. The van der Waals surface area contributed by atoms with E-state index in [2.05, 4.69) is 16.0 Å². The zero-order valence-electron chi connectivity index (χ0n) is 23.8. The molecular weight excluding hydrogens is 542 g/mol. The monoisotopic (exact) mass is 573 g/mol. The number of aromatic nitrogens is 4. The molecular formula is C30H32ClN7O3. The summed E-state index contributed by atoms with van der Waals surface area (Å²) >= 11 is 6.41. The van der Waals surface area contributed by atoms with Gasteiger partial charge in [-0.2, -0.15) is 5.26 Å². The van der Waals surface area contributed by atoms with Crippen molar-refractivity contribution < 1.29 is 9.53 Å². The number of halogens is 1. The van der Waals surface area contributed by atoms with Crippen LogP contribution in [0.1, 0.15) is 38.8 Å². The van der Waals surface area contributed by atoms with E-state index in [1.807, 2.05) is 50.8 Å². The highest BCUT2D eigenvalue weighted by Crippen LogP contribution is 2.30. The largest absolute Gasteiger partial charge is 0.444 e. The number of carbonyl (C=O) groups excluding carboxylic acids is 1. The molecule has 212 valence electrons. The van der Waals surface area contributed by atoms with Crippen molar-refractivity contribution in [3.63, 3.8) is 0 Å². The second kappa shape index (κ2) is 10.9. The van der Waals surface area contributed by atoms with Crippen molar-refractivity contribution >= 4 is 34.5 Å². The fourth-order valence-electron chi connectivity index (χ4n) is 5.15. The Morgan fingerprint density at radius 1 is 1.15 bits per heavy atom. The van der Waals surface area contributed by atoms with E-state index in [1.54, 1.807) is 47.2 Å². The van der Waals surface area contributed by atoms with Gasteiger partial charge in [-0.3, -0.25) is 14.2 Å². The van der Waals surface area contributed by atoms with Gasteiger partial charge in [0.25, 0.3) is 5.56 Å². The average molecular weight is 574 g/mol. The van der Waals surface area contributed by atoms with E-state index in [4.69, 9.17) is 16.3 Å². The normalized spacial score (nSPS) is 15.7. The van der Waals surface area contributed by atoms with Gasteiger partial charge in [-0.1, -0.05) is 35.9 Å². The number of amides is 1. The number of hydrogen-bond acceptors (Lipinski definition) is 7. The van der Waals surface area contributed by atoms with Crippen LogP contribution in [0.15, 0.2) is 53.6 Å². The van der Waals surface area contributed by atoms with Crippen LogP contribution in [0, 0.1) is 11.3 Å². The summed E-state index contributed by atoms with van der Waals surface area (Å²) in [6.07, 6.45) is 3.05. The third kappa shape index (κ3) is 5.50. The van der Waals surface area contributed by atoms with E-state index in [0.717, 1.165) is 5.56 Å². The lowest BCUT2D eigenvalue weighted by atomic mass is 10.00. The van der Waals surface area contributed by atoms with Gasteiger partial charge in [0.05, 0.1) is 23.0 Å². The minimum Gasteiger partial charge on any atom is -0.444 e. The van der Waals surface area contributed by atoms with Gasteiger partial charge in [0, 0.05) is 61.3 Å². The maximum absolute atomic E-state index is 13.1. The molecule has 0 radical (unpaired) electrons. The first-order valence-electron chi connectivity index (χ1n) is 13.4. The van der Waals surface area contributed by atoms with E-state index in [1.165, 1.54) is 4.68 Å². The molecule has 0 saturated carbocycles. The molecule has 0 bridgehead atoms. The van der Waals surface area contributed by atoms with Crippen LogP contribution in [0.2, 0.25) is 5.02 Å². The minimum atomic E-state index is -0.555. The molecule has 0 unspecified atom stereocenters. The molecule has 0 spiro atoms. The van der Waals surface area contributed by atoms with E-state index in [9.17, 15) is 14.9 Å². The molecule has 2 aromatic heterocycles. The van der Waals surface area contributed by atoms with Crippen LogP contribution in [0.3, 0.4) is 0 Å². The molecule has 1 aliphatic heterocycles. The zero-order chi connectivity index (χ0) is 29.5. The van der Waals surface area contributed by atoms with Crippen LogP contribution in [0.25, 0.3) is 22.0 Å². The lowest BCUT2D eigenvalue weighted by molar-refractivity contribution is 0.0158. The first-order valence-corrected chi connectivity index (χ1v) is 13.8. The Balaban J connectivity index is 1.43. The van der Waals surface area contributed by atoms with Crippen molar-refractivity contribution in [2.45, 2.75) is 45.9 Å². The summed E-state index contributed by atoms with van der Waals surface area (Å²) in [5.41, 5.74) is 2.28. The van der Waals surface area contributed by atoms with Gasteiger partial charge in [-0.05, 0) is 45.4 Å². The molecule has 11 heteroatoms. The number of carbonyl (C=O) groups is 1. The summed E-state index contributed by atoms with van der Waals surface area (Å²) in [4.78, 5) is 38.6. The van der Waals surface area contributed by atoms with Gasteiger partial charge in [0.15, 0.2) is 0 Å². The van der Waals surface area contributed by atoms with Crippen molar-refractivity contribution in [3.8, 4) is 17.2 Å². The molecule has 4 aromatic rings. The fraction of sp³-hybridized carbons (Fsp3) is 0.367. The van der Waals surface area contributed by atoms with Crippen molar-refractivity contribution in [1.29, 1.82) is 5.26 Å². The number of fused-ring (bicyclic) bond motifs is 1. The summed E-state index contributed by atoms with van der Waals surface area (Å²) in [6.45, 7) is 9.48. The van der Waals surface area contributed by atoms with Crippen molar-refractivity contribution in [2.24, 2.45) is 7.05 Å². The molecule has 2 aromatic carbocycles. The maximum Gasteiger partial charge on any atom is 0.410 e. The average Bonchev–Trinajstić information content (AvgIpc) is 3.17. The van der Waals surface area contributed by atoms with Gasteiger partial charge in [-0.25, -0.2) is 14.8 Å². The summed E-state index contributed by atoms with van der Waals surface area (Å²) < 4.78 is 8.83. The molecule has 10 nitrogen and oxygen atoms in total. The number of rotatable bonds is 4. The molecule has 1 saturated heterocycles. The minimum absolute atomic E-state index is 0.0811. The number of nitriles is 1. The smallest absolute Gasteiger partial charge is 0.410 e. The number of hydrogen-bond donors (Lipinski definition) is 0. The predicted molar refractivity (Wildman–Crippen MR) is 158 cm³/mol. The summed E-state index contributed by atoms with van der Waals surface area (Å²) in [5.74, 6) is 0.541. The van der Waals surface area contributed by atoms with Crippen LogP contribution in [0.4, 0.5) is 10.7 Å².